The van der Waals surface area contributed by atoms with Gasteiger partial charge in [0.05, 0.1) is 30.8 Å². The van der Waals surface area contributed by atoms with E-state index in [1.807, 2.05) is 53.9 Å². The highest BCUT2D eigenvalue weighted by molar-refractivity contribution is 9.10. The monoisotopic (exact) mass is 498 g/mol. The smallest absolute Gasteiger partial charge is 0.433 e. The van der Waals surface area contributed by atoms with Gasteiger partial charge in [-0.3, -0.25) is 10.1 Å². The third-order valence-electron chi connectivity index (χ3n) is 4.20. The van der Waals surface area contributed by atoms with Gasteiger partial charge in [0.1, 0.15) is 10.7 Å². The molecule has 10 heteroatoms. The second kappa shape index (κ2) is 9.11. The van der Waals surface area contributed by atoms with Crippen LogP contribution in [0, 0.1) is 10.1 Å². The Kier molecular flexibility index (Phi) is 6.10. The van der Waals surface area contributed by atoms with Crippen molar-refractivity contribution in [1.82, 2.24) is 4.68 Å². The zero-order chi connectivity index (χ0) is 21.8. The molecule has 2 aromatic carbocycles. The summed E-state index contributed by atoms with van der Waals surface area (Å²) in [5.74, 6) is 0.620. The second-order valence-electron chi connectivity index (χ2n) is 6.21. The third-order valence-corrected chi connectivity index (χ3v) is 5.54. The molecule has 156 valence electrons. The number of thiazole rings is 1. The van der Waals surface area contributed by atoms with Crippen molar-refractivity contribution in [3.63, 3.8) is 0 Å². The lowest BCUT2D eigenvalue weighted by molar-refractivity contribution is -0.402. The van der Waals surface area contributed by atoms with Gasteiger partial charge in [0, 0.05) is 21.5 Å². The molecule has 8 nitrogen and oxygen atoms in total. The van der Waals surface area contributed by atoms with E-state index in [0.29, 0.717) is 16.2 Å². The normalized spacial score (nSPS) is 11.9. The number of halogens is 1. The van der Waals surface area contributed by atoms with Crippen LogP contribution >= 0.6 is 27.3 Å². The molecule has 0 N–H and O–H groups in total. The van der Waals surface area contributed by atoms with Gasteiger partial charge in [-0.05, 0) is 30.3 Å². The van der Waals surface area contributed by atoms with Gasteiger partial charge in [0.2, 0.25) is 4.80 Å². The molecule has 0 spiro atoms. The maximum atomic E-state index is 10.9. The Hall–Kier alpha value is -3.50. The number of rotatable bonds is 6. The number of aromatic nitrogens is 1. The average Bonchev–Trinajstić information content (AvgIpc) is 3.40. The van der Waals surface area contributed by atoms with Gasteiger partial charge in [-0.15, -0.1) is 11.3 Å². The first-order valence-corrected chi connectivity index (χ1v) is 10.6. The highest BCUT2D eigenvalue weighted by Gasteiger charge is 2.12. The van der Waals surface area contributed by atoms with E-state index >= 15 is 0 Å². The standard InChI is InChI=1S/C21H15BrN4O4S/c1-29-17-4-2-3-16(11-17)24-21-25(23-12-18-9-10-20(30-18)26(27)28)19(13-31-21)14-5-7-15(22)8-6-14/h2-13H,1H3/b23-12+,24-21?. The summed E-state index contributed by atoms with van der Waals surface area (Å²) < 4.78 is 13.1. The van der Waals surface area contributed by atoms with Crippen LogP contribution in [0.4, 0.5) is 11.6 Å². The minimum atomic E-state index is -0.591. The fraction of sp³-hybridized carbons (Fsp3) is 0.0476. The molecule has 0 saturated carbocycles. The summed E-state index contributed by atoms with van der Waals surface area (Å²) in [7, 11) is 1.60. The fourth-order valence-corrected chi connectivity index (χ4v) is 3.84. The van der Waals surface area contributed by atoms with Crippen LogP contribution in [0.1, 0.15) is 5.76 Å². The average molecular weight is 499 g/mol. The SMILES string of the molecule is COc1cccc(N=c2scc(-c3ccc(Br)cc3)n2/N=C/c2ccc([N+](=O)[O-])o2)c1. The Morgan fingerprint density at radius 2 is 2.00 bits per heavy atom. The molecular weight excluding hydrogens is 484 g/mol. The van der Waals surface area contributed by atoms with Crippen molar-refractivity contribution < 1.29 is 14.1 Å². The number of methoxy groups -OCH3 is 1. The molecular formula is C21H15BrN4O4S. The zero-order valence-corrected chi connectivity index (χ0v) is 18.5. The Labute approximate surface area is 189 Å². The van der Waals surface area contributed by atoms with Crippen molar-refractivity contribution in [2.24, 2.45) is 10.1 Å². The van der Waals surface area contributed by atoms with Crippen LogP contribution in [0.15, 0.2) is 85.0 Å². The largest absolute Gasteiger partial charge is 0.497 e. The molecule has 4 rings (SSSR count). The minimum Gasteiger partial charge on any atom is -0.497 e. The Morgan fingerprint density at radius 1 is 1.19 bits per heavy atom. The predicted octanol–water partition coefficient (Wildman–Crippen LogP) is 5.60. The first kappa shape index (κ1) is 20.8. The lowest BCUT2D eigenvalue weighted by atomic mass is 10.2. The number of nitro groups is 1. The van der Waals surface area contributed by atoms with Gasteiger partial charge in [0.25, 0.3) is 0 Å². The van der Waals surface area contributed by atoms with E-state index in [2.05, 4.69) is 21.0 Å². The molecule has 0 fully saturated rings. The summed E-state index contributed by atoms with van der Waals surface area (Å²) in [5.41, 5.74) is 2.46. The van der Waals surface area contributed by atoms with Crippen molar-refractivity contribution in [3.05, 3.63) is 91.2 Å². The van der Waals surface area contributed by atoms with Gasteiger partial charge < -0.3 is 9.15 Å². The molecule has 0 saturated heterocycles. The van der Waals surface area contributed by atoms with Crippen molar-refractivity contribution in [2.75, 3.05) is 7.11 Å². The van der Waals surface area contributed by atoms with Crippen molar-refractivity contribution in [2.45, 2.75) is 0 Å². The quantitative estimate of drug-likeness (QED) is 0.196. The highest BCUT2D eigenvalue weighted by atomic mass is 79.9. The van der Waals surface area contributed by atoms with Crippen LogP contribution < -0.4 is 9.54 Å². The van der Waals surface area contributed by atoms with Crippen molar-refractivity contribution >= 4 is 45.1 Å². The van der Waals surface area contributed by atoms with E-state index in [0.717, 1.165) is 15.7 Å². The Morgan fingerprint density at radius 3 is 2.71 bits per heavy atom. The van der Waals surface area contributed by atoms with Gasteiger partial charge in [0.15, 0.2) is 5.76 Å². The fourth-order valence-electron chi connectivity index (χ4n) is 2.72. The van der Waals surface area contributed by atoms with Crippen molar-refractivity contribution in [1.29, 1.82) is 0 Å². The summed E-state index contributed by atoms with van der Waals surface area (Å²) in [4.78, 5) is 15.6. The van der Waals surface area contributed by atoms with E-state index in [1.54, 1.807) is 11.8 Å². The lowest BCUT2D eigenvalue weighted by Crippen LogP contribution is -2.11. The number of nitrogens with zero attached hydrogens (tertiary/aromatic N) is 4. The van der Waals surface area contributed by atoms with E-state index in [9.17, 15) is 10.1 Å². The molecule has 0 bridgehead atoms. The van der Waals surface area contributed by atoms with Gasteiger partial charge in [-0.25, -0.2) is 9.67 Å². The summed E-state index contributed by atoms with van der Waals surface area (Å²) in [6.45, 7) is 0. The number of hydrogen-bond donors (Lipinski definition) is 0. The number of furan rings is 1. The molecule has 0 aliphatic heterocycles. The summed E-state index contributed by atoms with van der Waals surface area (Å²) in [5, 5.41) is 17.3. The number of ether oxygens (including phenoxy) is 1. The minimum absolute atomic E-state index is 0.263. The molecule has 2 heterocycles. The van der Waals surface area contributed by atoms with Crippen LogP contribution in [0.25, 0.3) is 11.3 Å². The maximum Gasteiger partial charge on any atom is 0.433 e. The summed E-state index contributed by atoms with van der Waals surface area (Å²) in [6, 6.07) is 18.0. The Balaban J connectivity index is 1.81. The van der Waals surface area contributed by atoms with Crippen LogP contribution in [0.5, 0.6) is 5.75 Å². The number of hydrogen-bond acceptors (Lipinski definition) is 7. The molecule has 31 heavy (non-hydrogen) atoms. The van der Waals surface area contributed by atoms with E-state index in [4.69, 9.17) is 14.1 Å². The number of benzene rings is 2. The summed E-state index contributed by atoms with van der Waals surface area (Å²) >= 11 is 4.86. The first-order chi connectivity index (χ1) is 15.0. The molecule has 0 aliphatic carbocycles. The highest BCUT2D eigenvalue weighted by Crippen LogP contribution is 2.24. The molecule has 4 aromatic rings. The predicted molar refractivity (Wildman–Crippen MR) is 122 cm³/mol. The zero-order valence-electron chi connectivity index (χ0n) is 16.1. The van der Waals surface area contributed by atoms with Crippen LogP contribution in [0.3, 0.4) is 0 Å². The van der Waals surface area contributed by atoms with Gasteiger partial charge >= 0.3 is 5.88 Å². The molecule has 0 unspecified atom stereocenters. The molecule has 0 radical (unpaired) electrons. The third kappa shape index (κ3) is 4.81. The van der Waals surface area contributed by atoms with Gasteiger partial charge in [-0.2, -0.15) is 5.10 Å². The first-order valence-electron chi connectivity index (χ1n) is 8.97. The van der Waals surface area contributed by atoms with E-state index in [-0.39, 0.29) is 11.6 Å². The van der Waals surface area contributed by atoms with Crippen molar-refractivity contribution in [3.8, 4) is 17.0 Å². The van der Waals surface area contributed by atoms with Crippen LogP contribution in [-0.4, -0.2) is 22.9 Å². The van der Waals surface area contributed by atoms with Crippen LogP contribution in [0.2, 0.25) is 0 Å². The molecule has 0 atom stereocenters. The van der Waals surface area contributed by atoms with Crippen LogP contribution in [-0.2, 0) is 0 Å². The van der Waals surface area contributed by atoms with Gasteiger partial charge in [-0.1, -0.05) is 34.1 Å². The Bertz CT molecular complexity index is 1320. The topological polar surface area (TPSA) is 95.2 Å². The molecule has 0 aliphatic rings. The summed E-state index contributed by atoms with van der Waals surface area (Å²) in [6.07, 6.45) is 1.42. The van der Waals surface area contributed by atoms with E-state index in [1.165, 1.54) is 29.7 Å². The molecule has 2 aromatic heterocycles. The molecule has 0 amide bonds. The second-order valence-corrected chi connectivity index (χ2v) is 7.97. The van der Waals surface area contributed by atoms with E-state index < -0.39 is 4.92 Å². The lowest BCUT2D eigenvalue weighted by Gasteiger charge is -2.04. The maximum absolute atomic E-state index is 10.9.